The number of nitrogens with one attached hydrogen (secondary N) is 2. The molecule has 2 atom stereocenters. The molecule has 2 aromatic rings. The zero-order valence-corrected chi connectivity index (χ0v) is 15.6. The summed E-state index contributed by atoms with van der Waals surface area (Å²) in [4.78, 5) is 17.2. The first kappa shape index (κ1) is 17.5. The van der Waals surface area contributed by atoms with Crippen LogP contribution in [0.1, 0.15) is 23.8 Å². The number of furan rings is 1. The summed E-state index contributed by atoms with van der Waals surface area (Å²) in [6.45, 7) is 4.36. The van der Waals surface area contributed by atoms with Gasteiger partial charge in [0.2, 0.25) is 12.7 Å². The molecule has 3 aliphatic heterocycles. The fourth-order valence-corrected chi connectivity index (χ4v) is 4.04. The Balaban J connectivity index is 1.12. The van der Waals surface area contributed by atoms with Crippen molar-refractivity contribution in [3.8, 4) is 11.5 Å². The lowest BCUT2D eigenvalue weighted by molar-refractivity contribution is -0.135. The van der Waals surface area contributed by atoms with Gasteiger partial charge in [0.1, 0.15) is 11.8 Å². The minimum absolute atomic E-state index is 0.0382. The van der Waals surface area contributed by atoms with Gasteiger partial charge >= 0.3 is 0 Å². The Kier molecular flexibility index (Phi) is 4.67. The smallest absolute Gasteiger partial charge is 0.241 e. The highest BCUT2D eigenvalue weighted by Gasteiger charge is 2.35. The number of fused-ring (bicyclic) bond motifs is 1. The highest BCUT2D eigenvalue weighted by molar-refractivity contribution is 5.82. The van der Waals surface area contributed by atoms with Crippen molar-refractivity contribution in [2.45, 2.75) is 25.0 Å². The largest absolute Gasteiger partial charge is 0.468 e. The first-order valence-corrected chi connectivity index (χ1v) is 9.70. The van der Waals surface area contributed by atoms with E-state index in [2.05, 4.69) is 21.8 Å². The number of hydrogen-bond donors (Lipinski definition) is 2. The molecule has 8 heteroatoms. The molecule has 148 valence electrons. The summed E-state index contributed by atoms with van der Waals surface area (Å²) in [6, 6.07) is 9.71. The summed E-state index contributed by atoms with van der Waals surface area (Å²) in [5, 5.41) is 0. The lowest BCUT2D eigenvalue weighted by atomic mass is 10.1. The molecular formula is C20H24N4O4. The van der Waals surface area contributed by atoms with Crippen molar-refractivity contribution in [3.05, 3.63) is 47.9 Å². The van der Waals surface area contributed by atoms with Crippen LogP contribution in [0.25, 0.3) is 0 Å². The van der Waals surface area contributed by atoms with Gasteiger partial charge in [-0.05, 0) is 36.2 Å². The Morgan fingerprint density at radius 2 is 1.93 bits per heavy atom. The molecule has 2 fully saturated rings. The first-order valence-electron chi connectivity index (χ1n) is 9.70. The second-order valence-electron chi connectivity index (χ2n) is 7.43. The van der Waals surface area contributed by atoms with E-state index in [1.54, 1.807) is 6.26 Å². The molecule has 0 saturated carbocycles. The SMILES string of the molecule is O=C(C1CC(c2ccco2)NN1)N1CCN(Cc2ccc3c(c2)OCO3)CC1. The Hall–Kier alpha value is -2.55. The van der Waals surface area contributed by atoms with Crippen LogP contribution in [0.5, 0.6) is 11.5 Å². The number of benzene rings is 1. The second-order valence-corrected chi connectivity index (χ2v) is 7.43. The maximum absolute atomic E-state index is 12.9. The number of carbonyl (C=O) groups excluding carboxylic acids is 1. The molecule has 4 heterocycles. The molecule has 0 bridgehead atoms. The van der Waals surface area contributed by atoms with Crippen molar-refractivity contribution in [2.24, 2.45) is 0 Å². The van der Waals surface area contributed by atoms with Crippen LogP contribution in [0.4, 0.5) is 0 Å². The fourth-order valence-electron chi connectivity index (χ4n) is 4.04. The minimum atomic E-state index is -0.212. The maximum Gasteiger partial charge on any atom is 0.241 e. The predicted molar refractivity (Wildman–Crippen MR) is 101 cm³/mol. The number of rotatable bonds is 4. The van der Waals surface area contributed by atoms with Crippen molar-refractivity contribution in [2.75, 3.05) is 33.0 Å². The van der Waals surface area contributed by atoms with Crippen molar-refractivity contribution in [1.29, 1.82) is 0 Å². The van der Waals surface area contributed by atoms with Crippen LogP contribution >= 0.6 is 0 Å². The normalized spacial score (nSPS) is 24.6. The molecule has 3 aliphatic rings. The van der Waals surface area contributed by atoms with Gasteiger partial charge in [-0.15, -0.1) is 0 Å². The molecule has 5 rings (SSSR count). The standard InChI is InChI=1S/C20H24N4O4/c25-20(16-11-15(21-22-16)17-2-1-9-26-17)24-7-5-23(6-8-24)12-14-3-4-18-19(10-14)28-13-27-18/h1-4,9-10,15-16,21-22H,5-8,11-13H2. The molecular weight excluding hydrogens is 360 g/mol. The van der Waals surface area contributed by atoms with E-state index in [1.165, 1.54) is 5.56 Å². The van der Waals surface area contributed by atoms with Crippen LogP contribution in [0.2, 0.25) is 0 Å². The molecule has 0 radical (unpaired) electrons. The van der Waals surface area contributed by atoms with Gasteiger partial charge in [-0.2, -0.15) is 0 Å². The number of nitrogens with zero attached hydrogens (tertiary/aromatic N) is 2. The minimum Gasteiger partial charge on any atom is -0.468 e. The van der Waals surface area contributed by atoms with Gasteiger partial charge in [0, 0.05) is 32.7 Å². The number of hydrazine groups is 1. The molecule has 0 spiro atoms. The van der Waals surface area contributed by atoms with Crippen LogP contribution in [0, 0.1) is 0 Å². The number of ether oxygens (including phenoxy) is 2. The van der Waals surface area contributed by atoms with Gasteiger partial charge in [0.25, 0.3) is 0 Å². The number of carbonyl (C=O) groups is 1. The third-order valence-corrected chi connectivity index (χ3v) is 5.62. The molecule has 0 aliphatic carbocycles. The molecule has 2 unspecified atom stereocenters. The third-order valence-electron chi connectivity index (χ3n) is 5.62. The van der Waals surface area contributed by atoms with E-state index in [0.29, 0.717) is 13.2 Å². The summed E-state index contributed by atoms with van der Waals surface area (Å²) >= 11 is 0. The van der Waals surface area contributed by atoms with Crippen LogP contribution in [-0.4, -0.2) is 54.7 Å². The summed E-state index contributed by atoms with van der Waals surface area (Å²) in [5.74, 6) is 2.64. The lowest BCUT2D eigenvalue weighted by Gasteiger charge is -2.35. The topological polar surface area (TPSA) is 79.2 Å². The van der Waals surface area contributed by atoms with Gasteiger partial charge in [-0.25, -0.2) is 10.9 Å². The molecule has 2 saturated heterocycles. The van der Waals surface area contributed by atoms with Gasteiger partial charge in [-0.1, -0.05) is 6.07 Å². The summed E-state index contributed by atoms with van der Waals surface area (Å²) < 4.78 is 16.3. The van der Waals surface area contributed by atoms with Crippen LogP contribution in [0.3, 0.4) is 0 Å². The van der Waals surface area contributed by atoms with E-state index >= 15 is 0 Å². The van der Waals surface area contributed by atoms with E-state index in [1.807, 2.05) is 29.2 Å². The van der Waals surface area contributed by atoms with Gasteiger partial charge in [-0.3, -0.25) is 9.69 Å². The van der Waals surface area contributed by atoms with Gasteiger partial charge < -0.3 is 18.8 Å². The van der Waals surface area contributed by atoms with E-state index in [-0.39, 0.29) is 18.0 Å². The first-order chi connectivity index (χ1) is 13.8. The number of piperazine rings is 1. The Morgan fingerprint density at radius 3 is 2.75 bits per heavy atom. The molecule has 2 N–H and O–H groups in total. The zero-order valence-electron chi connectivity index (χ0n) is 15.6. The van der Waals surface area contributed by atoms with Crippen molar-refractivity contribution in [3.63, 3.8) is 0 Å². The summed E-state index contributed by atoms with van der Waals surface area (Å²) in [7, 11) is 0. The Labute approximate surface area is 163 Å². The highest BCUT2D eigenvalue weighted by atomic mass is 16.7. The second kappa shape index (κ2) is 7.46. The number of hydrogen-bond acceptors (Lipinski definition) is 7. The molecule has 1 aromatic carbocycles. The molecule has 28 heavy (non-hydrogen) atoms. The van der Waals surface area contributed by atoms with E-state index in [0.717, 1.165) is 50.0 Å². The molecule has 1 amide bonds. The average Bonchev–Trinajstić information content (AvgIpc) is 3.48. The fraction of sp³-hybridized carbons (Fsp3) is 0.450. The predicted octanol–water partition coefficient (Wildman–Crippen LogP) is 1.26. The lowest BCUT2D eigenvalue weighted by Crippen LogP contribution is -2.53. The molecule has 8 nitrogen and oxygen atoms in total. The van der Waals surface area contributed by atoms with Gasteiger partial charge in [0.05, 0.1) is 12.3 Å². The van der Waals surface area contributed by atoms with E-state index in [4.69, 9.17) is 13.9 Å². The summed E-state index contributed by atoms with van der Waals surface area (Å²) in [5.41, 5.74) is 7.49. The highest BCUT2D eigenvalue weighted by Crippen LogP contribution is 2.33. The molecule has 1 aromatic heterocycles. The Morgan fingerprint density at radius 1 is 1.07 bits per heavy atom. The van der Waals surface area contributed by atoms with Crippen LogP contribution in [-0.2, 0) is 11.3 Å². The van der Waals surface area contributed by atoms with Crippen molar-refractivity contribution in [1.82, 2.24) is 20.7 Å². The van der Waals surface area contributed by atoms with Crippen LogP contribution < -0.4 is 20.3 Å². The Bertz CT molecular complexity index is 833. The average molecular weight is 384 g/mol. The van der Waals surface area contributed by atoms with Gasteiger partial charge in [0.15, 0.2) is 11.5 Å². The van der Waals surface area contributed by atoms with Crippen molar-refractivity contribution >= 4 is 5.91 Å². The van der Waals surface area contributed by atoms with Crippen molar-refractivity contribution < 1.29 is 18.7 Å². The number of amides is 1. The third kappa shape index (κ3) is 3.46. The van der Waals surface area contributed by atoms with E-state index in [9.17, 15) is 4.79 Å². The zero-order chi connectivity index (χ0) is 18.9. The van der Waals surface area contributed by atoms with Crippen LogP contribution in [0.15, 0.2) is 41.0 Å². The quantitative estimate of drug-likeness (QED) is 0.822. The maximum atomic E-state index is 12.9. The monoisotopic (exact) mass is 384 g/mol. The van der Waals surface area contributed by atoms with E-state index < -0.39 is 0 Å². The summed E-state index contributed by atoms with van der Waals surface area (Å²) in [6.07, 6.45) is 2.36.